The van der Waals surface area contributed by atoms with E-state index in [9.17, 15) is 18.8 Å². The highest BCUT2D eigenvalue weighted by Crippen LogP contribution is 2.33. The summed E-state index contributed by atoms with van der Waals surface area (Å²) < 4.78 is 18.8. The first-order chi connectivity index (χ1) is 14.5. The fraction of sp³-hybridized carbons (Fsp3) is 0.318. The number of carbonyl (C=O) groups excluding carboxylic acids is 3. The SMILES string of the molecule is O=C(CN1C(=O)SC(=Cc2ccc(-c3ccc(F)cc3)o2)C1=O)N1CCCCCC1. The molecule has 0 saturated carbocycles. The van der Waals surface area contributed by atoms with E-state index in [2.05, 4.69) is 0 Å². The lowest BCUT2D eigenvalue weighted by Crippen LogP contribution is -2.42. The Kier molecular flexibility index (Phi) is 6.03. The zero-order valence-electron chi connectivity index (χ0n) is 16.3. The quantitative estimate of drug-likeness (QED) is 0.670. The first-order valence-corrected chi connectivity index (χ1v) is 10.7. The fourth-order valence-electron chi connectivity index (χ4n) is 3.52. The zero-order chi connectivity index (χ0) is 21.1. The number of likely N-dealkylation sites (tertiary alicyclic amines) is 1. The molecule has 0 spiro atoms. The third kappa shape index (κ3) is 4.48. The Morgan fingerprint density at radius 2 is 1.73 bits per heavy atom. The summed E-state index contributed by atoms with van der Waals surface area (Å²) in [6, 6.07) is 9.26. The van der Waals surface area contributed by atoms with Crippen molar-refractivity contribution in [3.63, 3.8) is 0 Å². The highest BCUT2D eigenvalue weighted by Gasteiger charge is 2.37. The molecule has 30 heavy (non-hydrogen) atoms. The summed E-state index contributed by atoms with van der Waals surface area (Å²) in [5, 5.41) is -0.459. The first kappa shape index (κ1) is 20.4. The van der Waals surface area contributed by atoms with Crippen molar-refractivity contribution in [3.8, 4) is 11.3 Å². The van der Waals surface area contributed by atoms with E-state index < -0.39 is 11.1 Å². The lowest BCUT2D eigenvalue weighted by Gasteiger charge is -2.22. The van der Waals surface area contributed by atoms with Gasteiger partial charge in [-0.25, -0.2) is 4.39 Å². The van der Waals surface area contributed by atoms with Crippen LogP contribution in [0.5, 0.6) is 0 Å². The molecular formula is C22H21FN2O4S. The standard InChI is InChI=1S/C22H21FN2O4S/c23-16-7-5-15(6-8-16)18-10-9-17(29-18)13-19-21(27)25(22(28)30-19)14-20(26)24-11-3-1-2-4-12-24/h5-10,13H,1-4,11-12,14H2. The highest BCUT2D eigenvalue weighted by molar-refractivity contribution is 8.18. The molecular weight excluding hydrogens is 407 g/mol. The highest BCUT2D eigenvalue weighted by atomic mass is 32.2. The Morgan fingerprint density at radius 1 is 1.03 bits per heavy atom. The molecule has 2 aromatic rings. The summed E-state index contributed by atoms with van der Waals surface area (Å²) in [4.78, 5) is 40.5. The lowest BCUT2D eigenvalue weighted by atomic mass is 10.2. The van der Waals surface area contributed by atoms with Crippen molar-refractivity contribution in [1.29, 1.82) is 0 Å². The lowest BCUT2D eigenvalue weighted by molar-refractivity contribution is -0.135. The predicted octanol–water partition coefficient (Wildman–Crippen LogP) is 4.52. The maximum absolute atomic E-state index is 13.1. The summed E-state index contributed by atoms with van der Waals surface area (Å²) in [6.07, 6.45) is 5.58. The van der Waals surface area contributed by atoms with Gasteiger partial charge in [0.15, 0.2) is 0 Å². The predicted molar refractivity (Wildman–Crippen MR) is 112 cm³/mol. The van der Waals surface area contributed by atoms with E-state index in [1.165, 1.54) is 18.2 Å². The monoisotopic (exact) mass is 428 g/mol. The van der Waals surface area contributed by atoms with Crippen LogP contribution in [-0.2, 0) is 9.59 Å². The Balaban J connectivity index is 1.45. The summed E-state index contributed by atoms with van der Waals surface area (Å²) in [6.45, 7) is 1.11. The zero-order valence-corrected chi connectivity index (χ0v) is 17.1. The number of halogens is 1. The Bertz CT molecular complexity index is 991. The second kappa shape index (κ2) is 8.87. The third-order valence-electron chi connectivity index (χ3n) is 5.15. The van der Waals surface area contributed by atoms with Crippen LogP contribution in [0.3, 0.4) is 0 Å². The van der Waals surface area contributed by atoms with Gasteiger partial charge in [-0.1, -0.05) is 12.8 Å². The molecule has 0 N–H and O–H groups in total. The molecule has 8 heteroatoms. The van der Waals surface area contributed by atoms with Crippen LogP contribution in [0.1, 0.15) is 31.4 Å². The molecule has 6 nitrogen and oxygen atoms in total. The van der Waals surface area contributed by atoms with Gasteiger partial charge in [-0.3, -0.25) is 19.3 Å². The van der Waals surface area contributed by atoms with Gasteiger partial charge in [0.25, 0.3) is 11.1 Å². The molecule has 3 heterocycles. The average Bonchev–Trinajstić information content (AvgIpc) is 3.16. The molecule has 0 unspecified atom stereocenters. The van der Waals surface area contributed by atoms with Crippen molar-refractivity contribution >= 4 is 34.9 Å². The molecule has 4 rings (SSSR count). The summed E-state index contributed by atoms with van der Waals surface area (Å²) in [7, 11) is 0. The van der Waals surface area contributed by atoms with Gasteiger partial charge in [-0.15, -0.1) is 0 Å². The maximum Gasteiger partial charge on any atom is 0.294 e. The number of benzene rings is 1. The molecule has 0 radical (unpaired) electrons. The number of imide groups is 1. The first-order valence-electron chi connectivity index (χ1n) is 9.90. The third-order valence-corrected chi connectivity index (χ3v) is 6.06. The molecule has 2 fully saturated rings. The number of hydrogen-bond acceptors (Lipinski definition) is 5. The number of rotatable bonds is 4. The number of amides is 3. The van der Waals surface area contributed by atoms with E-state index in [0.29, 0.717) is 30.2 Å². The molecule has 2 aliphatic rings. The Hall–Kier alpha value is -2.87. The van der Waals surface area contributed by atoms with Crippen LogP contribution < -0.4 is 0 Å². The average molecular weight is 428 g/mol. The van der Waals surface area contributed by atoms with E-state index in [0.717, 1.165) is 42.3 Å². The van der Waals surface area contributed by atoms with Crippen molar-refractivity contribution in [2.75, 3.05) is 19.6 Å². The van der Waals surface area contributed by atoms with Gasteiger partial charge in [0.2, 0.25) is 5.91 Å². The summed E-state index contributed by atoms with van der Waals surface area (Å²) in [5.41, 5.74) is 0.701. The Morgan fingerprint density at radius 3 is 2.43 bits per heavy atom. The molecule has 0 bridgehead atoms. The van der Waals surface area contributed by atoms with E-state index in [1.54, 1.807) is 29.2 Å². The van der Waals surface area contributed by atoms with Crippen molar-refractivity contribution in [3.05, 3.63) is 52.9 Å². The minimum Gasteiger partial charge on any atom is -0.457 e. The van der Waals surface area contributed by atoms with Crippen molar-refractivity contribution in [1.82, 2.24) is 9.80 Å². The topological polar surface area (TPSA) is 70.8 Å². The van der Waals surface area contributed by atoms with E-state index in [1.807, 2.05) is 0 Å². The maximum atomic E-state index is 13.1. The minimum absolute atomic E-state index is 0.197. The van der Waals surface area contributed by atoms with Gasteiger partial charge < -0.3 is 9.32 Å². The van der Waals surface area contributed by atoms with Gasteiger partial charge in [-0.2, -0.15) is 0 Å². The van der Waals surface area contributed by atoms with Gasteiger partial charge in [-0.05, 0) is 61.0 Å². The second-order valence-electron chi connectivity index (χ2n) is 7.27. The van der Waals surface area contributed by atoms with Crippen molar-refractivity contribution < 1.29 is 23.2 Å². The van der Waals surface area contributed by atoms with Crippen LogP contribution in [0.25, 0.3) is 17.4 Å². The van der Waals surface area contributed by atoms with Crippen molar-refractivity contribution in [2.24, 2.45) is 0 Å². The summed E-state index contributed by atoms with van der Waals surface area (Å²) in [5.74, 6) is -0.102. The number of furan rings is 1. The number of nitrogens with zero attached hydrogens (tertiary/aromatic N) is 2. The van der Waals surface area contributed by atoms with E-state index in [4.69, 9.17) is 4.42 Å². The summed E-state index contributed by atoms with van der Waals surface area (Å²) >= 11 is 0.795. The van der Waals surface area contributed by atoms with Crippen molar-refractivity contribution in [2.45, 2.75) is 25.7 Å². The van der Waals surface area contributed by atoms with Gasteiger partial charge in [0.05, 0.1) is 4.91 Å². The fourth-order valence-corrected chi connectivity index (χ4v) is 4.34. The molecule has 2 aliphatic heterocycles. The number of thioether (sulfide) groups is 1. The second-order valence-corrected chi connectivity index (χ2v) is 8.26. The Labute approximate surface area is 177 Å². The van der Waals surface area contributed by atoms with Gasteiger partial charge >= 0.3 is 0 Å². The van der Waals surface area contributed by atoms with Crippen LogP contribution >= 0.6 is 11.8 Å². The van der Waals surface area contributed by atoms with Crippen LogP contribution in [0, 0.1) is 5.82 Å². The van der Waals surface area contributed by atoms with E-state index >= 15 is 0 Å². The number of carbonyl (C=O) groups is 3. The largest absolute Gasteiger partial charge is 0.457 e. The molecule has 1 aromatic carbocycles. The molecule has 156 valence electrons. The van der Waals surface area contributed by atoms with Crippen LogP contribution in [-0.4, -0.2) is 46.5 Å². The molecule has 0 aliphatic carbocycles. The van der Waals surface area contributed by atoms with Crippen LogP contribution in [0.2, 0.25) is 0 Å². The minimum atomic E-state index is -0.493. The van der Waals surface area contributed by atoms with Gasteiger partial charge in [0, 0.05) is 24.7 Å². The van der Waals surface area contributed by atoms with E-state index in [-0.39, 0.29) is 23.2 Å². The normalized spacial score (nSPS) is 18.9. The number of hydrogen-bond donors (Lipinski definition) is 0. The molecule has 1 aromatic heterocycles. The molecule has 2 saturated heterocycles. The molecule has 0 atom stereocenters. The van der Waals surface area contributed by atoms with Crippen LogP contribution in [0.15, 0.2) is 45.7 Å². The van der Waals surface area contributed by atoms with Crippen LogP contribution in [0.4, 0.5) is 9.18 Å². The smallest absolute Gasteiger partial charge is 0.294 e. The van der Waals surface area contributed by atoms with Gasteiger partial charge in [0.1, 0.15) is 23.9 Å². The molecule has 3 amide bonds.